The van der Waals surface area contributed by atoms with Crippen LogP contribution in [0.2, 0.25) is 20.1 Å². The first-order valence-electron chi connectivity index (χ1n) is 13.8. The van der Waals surface area contributed by atoms with Crippen LogP contribution in [0.3, 0.4) is 0 Å². The van der Waals surface area contributed by atoms with Gasteiger partial charge in [0.05, 0.1) is 17.0 Å². The molecule has 0 aliphatic heterocycles. The molecule has 0 aliphatic rings. The van der Waals surface area contributed by atoms with Crippen LogP contribution < -0.4 is 9.62 Å². The molecular formula is C31H35Cl4N3O4S. The first-order chi connectivity index (χ1) is 20.3. The maximum Gasteiger partial charge on any atom is 0.243 e. The van der Waals surface area contributed by atoms with Crippen molar-refractivity contribution in [3.05, 3.63) is 97.9 Å². The lowest BCUT2D eigenvalue weighted by atomic mass is 10.0. The molecule has 3 aromatic rings. The second-order valence-electron chi connectivity index (χ2n) is 10.3. The van der Waals surface area contributed by atoms with Gasteiger partial charge in [-0.3, -0.25) is 13.9 Å². The number of carbonyl (C=O) groups excluding carboxylic acids is 2. The van der Waals surface area contributed by atoms with Gasteiger partial charge in [-0.2, -0.15) is 0 Å². The summed E-state index contributed by atoms with van der Waals surface area (Å²) in [7, 11) is -3.76. The summed E-state index contributed by atoms with van der Waals surface area (Å²) in [4.78, 5) is 29.2. The van der Waals surface area contributed by atoms with Gasteiger partial charge in [0.15, 0.2) is 0 Å². The summed E-state index contributed by atoms with van der Waals surface area (Å²) in [6.45, 7) is 3.81. The predicted octanol–water partition coefficient (Wildman–Crippen LogP) is 7.40. The largest absolute Gasteiger partial charge is 0.352 e. The molecule has 1 N–H and O–H groups in total. The van der Waals surface area contributed by atoms with E-state index < -0.39 is 16.1 Å². The van der Waals surface area contributed by atoms with Crippen molar-refractivity contribution in [2.24, 2.45) is 0 Å². The van der Waals surface area contributed by atoms with Crippen LogP contribution in [0.4, 0.5) is 5.69 Å². The SMILES string of the molecule is CCC(C)NC(=O)C(Cc1ccccc1)N(Cc1c(Cl)cccc1Cl)C(=O)CCCN(c1cc(Cl)ccc1Cl)S(C)(=O)=O. The van der Waals surface area contributed by atoms with E-state index >= 15 is 0 Å². The van der Waals surface area contributed by atoms with Gasteiger partial charge in [-0.15, -0.1) is 0 Å². The van der Waals surface area contributed by atoms with Crippen molar-refractivity contribution >= 4 is 73.9 Å². The van der Waals surface area contributed by atoms with Gasteiger partial charge in [-0.25, -0.2) is 8.42 Å². The fraction of sp³-hybridized carbons (Fsp3) is 0.355. The molecule has 0 bridgehead atoms. The minimum atomic E-state index is -3.76. The monoisotopic (exact) mass is 685 g/mol. The van der Waals surface area contributed by atoms with Crippen LogP contribution in [-0.4, -0.2) is 50.0 Å². The van der Waals surface area contributed by atoms with E-state index in [1.807, 2.05) is 44.2 Å². The lowest BCUT2D eigenvalue weighted by molar-refractivity contribution is -0.141. The van der Waals surface area contributed by atoms with E-state index in [2.05, 4.69) is 5.32 Å². The number of rotatable bonds is 14. The van der Waals surface area contributed by atoms with Crippen molar-refractivity contribution < 1.29 is 18.0 Å². The van der Waals surface area contributed by atoms with Crippen LogP contribution in [0.5, 0.6) is 0 Å². The van der Waals surface area contributed by atoms with Gasteiger partial charge < -0.3 is 10.2 Å². The Kier molecular flexibility index (Phi) is 13.0. The highest BCUT2D eigenvalue weighted by atomic mass is 35.5. The summed E-state index contributed by atoms with van der Waals surface area (Å²) >= 11 is 25.4. The quantitative estimate of drug-likeness (QED) is 0.192. The highest BCUT2D eigenvalue weighted by molar-refractivity contribution is 7.92. The van der Waals surface area contributed by atoms with Gasteiger partial charge >= 0.3 is 0 Å². The summed E-state index contributed by atoms with van der Waals surface area (Å²) in [6.07, 6.45) is 2.11. The van der Waals surface area contributed by atoms with Crippen molar-refractivity contribution in [3.63, 3.8) is 0 Å². The maximum absolute atomic E-state index is 14.0. The average molecular weight is 688 g/mol. The minimum Gasteiger partial charge on any atom is -0.352 e. The molecule has 0 heterocycles. The first-order valence-corrected chi connectivity index (χ1v) is 17.2. The number of nitrogens with one attached hydrogen (secondary N) is 1. The standard InChI is InChI=1S/C31H35Cl4N3O4S/c1-4-21(2)36-31(40)29(18-22-10-6-5-7-11-22)37(20-24-25(33)12-8-13-26(24)34)30(39)14-9-17-38(43(3,41)42)28-19-23(32)15-16-27(28)35/h5-8,10-13,15-16,19,21,29H,4,9,14,17-18,20H2,1-3H3,(H,36,40). The molecule has 0 fully saturated rings. The van der Waals surface area contributed by atoms with E-state index in [1.165, 1.54) is 17.0 Å². The summed E-state index contributed by atoms with van der Waals surface area (Å²) in [5.41, 5.74) is 1.60. The Balaban J connectivity index is 1.95. The molecule has 2 unspecified atom stereocenters. The predicted molar refractivity (Wildman–Crippen MR) is 177 cm³/mol. The third kappa shape index (κ3) is 10.0. The van der Waals surface area contributed by atoms with E-state index in [0.717, 1.165) is 16.1 Å². The van der Waals surface area contributed by atoms with Crippen LogP contribution >= 0.6 is 46.4 Å². The van der Waals surface area contributed by atoms with Crippen molar-refractivity contribution in [3.8, 4) is 0 Å². The molecule has 0 saturated carbocycles. The molecule has 0 radical (unpaired) electrons. The Labute approximate surface area is 274 Å². The molecule has 2 atom stereocenters. The molecule has 3 aromatic carbocycles. The molecule has 2 amide bonds. The van der Waals surface area contributed by atoms with Crippen molar-refractivity contribution in [2.45, 2.75) is 58.2 Å². The van der Waals surface area contributed by atoms with E-state index in [0.29, 0.717) is 27.1 Å². The van der Waals surface area contributed by atoms with Crippen LogP contribution in [0.15, 0.2) is 66.7 Å². The van der Waals surface area contributed by atoms with Crippen molar-refractivity contribution in [1.29, 1.82) is 0 Å². The van der Waals surface area contributed by atoms with Gasteiger partial charge in [-0.05, 0) is 55.7 Å². The van der Waals surface area contributed by atoms with Crippen molar-refractivity contribution in [2.75, 3.05) is 17.1 Å². The molecule has 12 heteroatoms. The average Bonchev–Trinajstić information content (AvgIpc) is 2.95. The number of anilines is 1. The van der Waals surface area contributed by atoms with Crippen LogP contribution in [0.1, 0.15) is 44.2 Å². The second kappa shape index (κ2) is 16.0. The number of sulfonamides is 1. The lowest BCUT2D eigenvalue weighted by Gasteiger charge is -2.33. The smallest absolute Gasteiger partial charge is 0.243 e. The lowest BCUT2D eigenvalue weighted by Crippen LogP contribution is -2.52. The zero-order valence-electron chi connectivity index (χ0n) is 24.2. The van der Waals surface area contributed by atoms with E-state index in [-0.39, 0.29) is 60.9 Å². The second-order valence-corrected chi connectivity index (χ2v) is 13.8. The van der Waals surface area contributed by atoms with Crippen LogP contribution in [0, 0.1) is 0 Å². The fourth-order valence-corrected chi connectivity index (χ4v) is 6.43. The molecule has 0 saturated heterocycles. The van der Waals surface area contributed by atoms with Crippen LogP contribution in [0.25, 0.3) is 0 Å². The Hall–Kier alpha value is -2.49. The molecular weight excluding hydrogens is 652 g/mol. The summed E-state index contributed by atoms with van der Waals surface area (Å²) in [5.74, 6) is -0.667. The van der Waals surface area contributed by atoms with Gasteiger partial charge in [0.25, 0.3) is 0 Å². The van der Waals surface area contributed by atoms with Gasteiger partial charge in [0.1, 0.15) is 6.04 Å². The third-order valence-corrected chi connectivity index (χ3v) is 9.43. The highest BCUT2D eigenvalue weighted by Gasteiger charge is 2.32. The topological polar surface area (TPSA) is 86.8 Å². The molecule has 0 aromatic heterocycles. The van der Waals surface area contributed by atoms with Gasteiger partial charge in [0.2, 0.25) is 21.8 Å². The minimum absolute atomic E-state index is 0.0152. The Morgan fingerprint density at radius 2 is 1.56 bits per heavy atom. The zero-order valence-corrected chi connectivity index (χ0v) is 28.0. The summed E-state index contributed by atoms with van der Waals surface area (Å²) < 4.78 is 26.5. The Morgan fingerprint density at radius 1 is 0.907 bits per heavy atom. The number of hydrogen-bond acceptors (Lipinski definition) is 4. The normalized spacial score (nSPS) is 12.8. The van der Waals surface area contributed by atoms with Gasteiger partial charge in [0, 0.05) is 52.6 Å². The number of carbonyl (C=O) groups is 2. The molecule has 0 aliphatic carbocycles. The first kappa shape index (κ1) is 35.0. The van der Waals surface area contributed by atoms with Crippen molar-refractivity contribution in [1.82, 2.24) is 10.2 Å². The van der Waals surface area contributed by atoms with E-state index in [9.17, 15) is 18.0 Å². The number of halogens is 4. The van der Waals surface area contributed by atoms with Crippen LogP contribution in [-0.2, 0) is 32.6 Å². The number of benzene rings is 3. The summed E-state index contributed by atoms with van der Waals surface area (Å²) in [5, 5.41) is 4.28. The third-order valence-electron chi connectivity index (χ3n) is 6.99. The molecule has 43 heavy (non-hydrogen) atoms. The zero-order chi connectivity index (χ0) is 31.7. The molecule has 7 nitrogen and oxygen atoms in total. The number of amides is 2. The Bertz CT molecular complexity index is 1500. The van der Waals surface area contributed by atoms with E-state index in [4.69, 9.17) is 46.4 Å². The number of hydrogen-bond donors (Lipinski definition) is 1. The maximum atomic E-state index is 14.0. The van der Waals surface area contributed by atoms with Gasteiger partial charge in [-0.1, -0.05) is 89.7 Å². The highest BCUT2D eigenvalue weighted by Crippen LogP contribution is 2.31. The molecule has 0 spiro atoms. The molecule has 3 rings (SSSR count). The fourth-order valence-electron chi connectivity index (χ4n) is 4.51. The van der Waals surface area contributed by atoms with E-state index in [1.54, 1.807) is 24.3 Å². The molecule has 232 valence electrons. The number of nitrogens with zero attached hydrogens (tertiary/aromatic N) is 2. The Morgan fingerprint density at radius 3 is 2.16 bits per heavy atom. The summed E-state index contributed by atoms with van der Waals surface area (Å²) in [6, 6.07) is 18.0.